The lowest BCUT2D eigenvalue weighted by Gasteiger charge is -2.05. The van der Waals surface area contributed by atoms with Crippen LogP contribution in [-0.4, -0.2) is 16.0 Å². The first-order chi connectivity index (χ1) is 9.88. The number of aryl methyl sites for hydroxylation is 1. The highest BCUT2D eigenvalue weighted by molar-refractivity contribution is 6.30. The predicted octanol–water partition coefficient (Wildman–Crippen LogP) is 3.43. The summed E-state index contributed by atoms with van der Waals surface area (Å²) in [6.45, 7) is 1.37. The second-order valence-electron chi connectivity index (χ2n) is 4.15. The van der Waals surface area contributed by atoms with E-state index in [9.17, 15) is 14.9 Å². The van der Waals surface area contributed by atoms with E-state index in [4.69, 9.17) is 25.9 Å². The quantitative estimate of drug-likeness (QED) is 0.670. The lowest BCUT2D eigenvalue weighted by Crippen LogP contribution is -1.98. The molecule has 7 nitrogen and oxygen atoms in total. The fourth-order valence-corrected chi connectivity index (χ4v) is 1.89. The Morgan fingerprint density at radius 1 is 1.48 bits per heavy atom. The summed E-state index contributed by atoms with van der Waals surface area (Å²) < 4.78 is 10.5. The van der Waals surface area contributed by atoms with Gasteiger partial charge in [-0.25, -0.2) is 4.79 Å². The second-order valence-corrected chi connectivity index (χ2v) is 4.58. The van der Waals surface area contributed by atoms with Crippen LogP contribution >= 0.6 is 11.6 Å². The molecule has 110 valence electrons. The van der Waals surface area contributed by atoms with E-state index in [1.807, 2.05) is 0 Å². The van der Waals surface area contributed by atoms with Crippen molar-refractivity contribution >= 4 is 23.3 Å². The number of nitro benzene ring substituents is 1. The third-order valence-electron chi connectivity index (χ3n) is 2.69. The van der Waals surface area contributed by atoms with Crippen LogP contribution in [0.1, 0.15) is 21.9 Å². The molecule has 0 aliphatic rings. The Hall–Kier alpha value is -2.54. The number of halogens is 1. The van der Waals surface area contributed by atoms with Gasteiger partial charge < -0.3 is 14.3 Å². The summed E-state index contributed by atoms with van der Waals surface area (Å²) in [5.74, 6) is -0.643. The molecule has 8 heteroatoms. The molecular weight excluding hydrogens is 302 g/mol. The van der Waals surface area contributed by atoms with Gasteiger partial charge in [-0.3, -0.25) is 10.1 Å². The maximum absolute atomic E-state index is 10.9. The van der Waals surface area contributed by atoms with Gasteiger partial charge in [0, 0.05) is 17.2 Å². The third kappa shape index (κ3) is 3.32. The zero-order chi connectivity index (χ0) is 15.6. The van der Waals surface area contributed by atoms with Crippen LogP contribution in [-0.2, 0) is 6.61 Å². The molecule has 0 saturated carbocycles. The third-order valence-corrected chi connectivity index (χ3v) is 2.92. The highest BCUT2D eigenvalue weighted by atomic mass is 35.5. The highest BCUT2D eigenvalue weighted by Crippen LogP contribution is 2.30. The molecule has 0 aliphatic carbocycles. The van der Waals surface area contributed by atoms with Gasteiger partial charge in [-0.2, -0.15) is 0 Å². The van der Waals surface area contributed by atoms with Gasteiger partial charge in [0.25, 0.3) is 0 Å². The average Bonchev–Trinajstić information content (AvgIpc) is 2.77. The molecule has 1 aromatic heterocycles. The summed E-state index contributed by atoms with van der Waals surface area (Å²) in [5, 5.41) is 20.1. The number of benzene rings is 1. The van der Waals surface area contributed by atoms with Gasteiger partial charge in [0.1, 0.15) is 23.7 Å². The molecule has 21 heavy (non-hydrogen) atoms. The number of nitro groups is 1. The summed E-state index contributed by atoms with van der Waals surface area (Å²) in [6.07, 6.45) is 0. The standard InChI is InChI=1S/C13H10ClNO6/c1-7-10(13(16)17)5-9(21-7)6-20-12-4-8(14)2-3-11(12)15(18)19/h2-5H,6H2,1H3,(H,16,17). The van der Waals surface area contributed by atoms with E-state index in [1.165, 1.54) is 31.2 Å². The van der Waals surface area contributed by atoms with Gasteiger partial charge in [0.15, 0.2) is 5.75 Å². The number of hydrogen-bond donors (Lipinski definition) is 1. The van der Waals surface area contributed by atoms with Crippen molar-refractivity contribution in [3.63, 3.8) is 0 Å². The normalized spacial score (nSPS) is 10.4. The number of carboxylic acids is 1. The molecule has 0 amide bonds. The number of furan rings is 1. The molecule has 0 radical (unpaired) electrons. The molecule has 0 fully saturated rings. The van der Waals surface area contributed by atoms with Crippen molar-refractivity contribution in [3.8, 4) is 5.75 Å². The molecule has 0 saturated heterocycles. The zero-order valence-corrected chi connectivity index (χ0v) is 11.6. The van der Waals surface area contributed by atoms with Crippen LogP contribution in [0.2, 0.25) is 5.02 Å². The predicted molar refractivity (Wildman–Crippen MR) is 72.8 cm³/mol. The highest BCUT2D eigenvalue weighted by Gasteiger charge is 2.18. The summed E-state index contributed by atoms with van der Waals surface area (Å²) >= 11 is 5.77. The Bertz CT molecular complexity index is 709. The topological polar surface area (TPSA) is 103 Å². The van der Waals surface area contributed by atoms with E-state index in [-0.39, 0.29) is 40.2 Å². The van der Waals surface area contributed by atoms with Crippen LogP contribution in [0.25, 0.3) is 0 Å². The Kier molecular flexibility index (Phi) is 4.13. The molecule has 0 bridgehead atoms. The lowest BCUT2D eigenvalue weighted by atomic mass is 10.2. The van der Waals surface area contributed by atoms with E-state index in [2.05, 4.69) is 0 Å². The fourth-order valence-electron chi connectivity index (χ4n) is 1.73. The van der Waals surface area contributed by atoms with E-state index < -0.39 is 10.9 Å². The monoisotopic (exact) mass is 311 g/mol. The Balaban J connectivity index is 2.20. The van der Waals surface area contributed by atoms with Crippen LogP contribution in [0, 0.1) is 17.0 Å². The van der Waals surface area contributed by atoms with E-state index in [0.29, 0.717) is 0 Å². The van der Waals surface area contributed by atoms with Crippen LogP contribution in [0.5, 0.6) is 5.75 Å². The first kappa shape index (κ1) is 14.9. The van der Waals surface area contributed by atoms with Gasteiger partial charge in [-0.15, -0.1) is 0 Å². The van der Waals surface area contributed by atoms with E-state index in [0.717, 1.165) is 0 Å². The maximum Gasteiger partial charge on any atom is 0.339 e. The minimum absolute atomic E-state index is 0.0153. The van der Waals surface area contributed by atoms with Crippen LogP contribution in [0.3, 0.4) is 0 Å². The first-order valence-electron chi connectivity index (χ1n) is 5.78. The smallest absolute Gasteiger partial charge is 0.339 e. The van der Waals surface area contributed by atoms with Crippen molar-refractivity contribution in [1.82, 2.24) is 0 Å². The van der Waals surface area contributed by atoms with Gasteiger partial charge in [-0.05, 0) is 19.1 Å². The molecular formula is C13H10ClNO6. The summed E-state index contributed by atoms with van der Waals surface area (Å²) in [4.78, 5) is 21.2. The minimum Gasteiger partial charge on any atom is -0.479 e. The largest absolute Gasteiger partial charge is 0.479 e. The van der Waals surface area contributed by atoms with Crippen LogP contribution in [0.4, 0.5) is 5.69 Å². The van der Waals surface area contributed by atoms with E-state index in [1.54, 1.807) is 0 Å². The fraction of sp³-hybridized carbons (Fsp3) is 0.154. The molecule has 0 spiro atoms. The number of nitrogens with zero attached hydrogens (tertiary/aromatic N) is 1. The molecule has 0 atom stereocenters. The number of rotatable bonds is 5. The molecule has 2 rings (SSSR count). The Morgan fingerprint density at radius 2 is 2.19 bits per heavy atom. The number of carbonyl (C=O) groups is 1. The Morgan fingerprint density at radius 3 is 2.76 bits per heavy atom. The van der Waals surface area contributed by atoms with Crippen LogP contribution < -0.4 is 4.74 Å². The molecule has 0 unspecified atom stereocenters. The van der Waals surface area contributed by atoms with Crippen molar-refractivity contribution in [2.75, 3.05) is 0 Å². The van der Waals surface area contributed by atoms with Crippen molar-refractivity contribution in [2.24, 2.45) is 0 Å². The number of carboxylic acid groups (broad SMARTS) is 1. The maximum atomic E-state index is 10.9. The molecule has 0 aliphatic heterocycles. The van der Waals surface area contributed by atoms with Crippen LogP contribution in [0.15, 0.2) is 28.7 Å². The second kappa shape index (κ2) is 5.84. The van der Waals surface area contributed by atoms with Crippen molar-refractivity contribution in [3.05, 3.63) is 56.5 Å². The van der Waals surface area contributed by atoms with Gasteiger partial charge in [-0.1, -0.05) is 11.6 Å². The minimum atomic E-state index is -1.11. The van der Waals surface area contributed by atoms with Gasteiger partial charge in [0.05, 0.1) is 4.92 Å². The average molecular weight is 312 g/mol. The number of aromatic carboxylic acids is 1. The molecule has 1 heterocycles. The SMILES string of the molecule is Cc1oc(COc2cc(Cl)ccc2[N+](=O)[O-])cc1C(=O)O. The number of hydrogen-bond acceptors (Lipinski definition) is 5. The molecule has 1 aromatic carbocycles. The molecule has 2 aromatic rings. The van der Waals surface area contributed by atoms with E-state index >= 15 is 0 Å². The summed E-state index contributed by atoms with van der Waals surface area (Å²) in [6, 6.07) is 5.24. The zero-order valence-electron chi connectivity index (χ0n) is 10.8. The first-order valence-corrected chi connectivity index (χ1v) is 6.15. The lowest BCUT2D eigenvalue weighted by molar-refractivity contribution is -0.386. The number of ether oxygens (including phenoxy) is 1. The van der Waals surface area contributed by atoms with Crippen molar-refractivity contribution in [2.45, 2.75) is 13.5 Å². The van der Waals surface area contributed by atoms with Crippen molar-refractivity contribution < 1.29 is 24.0 Å². The van der Waals surface area contributed by atoms with Crippen molar-refractivity contribution in [1.29, 1.82) is 0 Å². The molecule has 1 N–H and O–H groups in total. The summed E-state index contributed by atoms with van der Waals surface area (Å²) in [5.41, 5.74) is -0.213. The van der Waals surface area contributed by atoms with Gasteiger partial charge >= 0.3 is 11.7 Å². The Labute approximate surface area is 123 Å². The van der Waals surface area contributed by atoms with Gasteiger partial charge in [0.2, 0.25) is 0 Å². The summed E-state index contributed by atoms with van der Waals surface area (Å²) in [7, 11) is 0.